The predicted molar refractivity (Wildman–Crippen MR) is 73.6 cm³/mol. The van der Waals surface area contributed by atoms with E-state index in [1.807, 2.05) is 65.8 Å². The highest BCUT2D eigenvalue weighted by Gasteiger charge is 1.88. The first-order valence-electron chi connectivity index (χ1n) is 6.12. The summed E-state index contributed by atoms with van der Waals surface area (Å²) in [6, 6.07) is 7.80. The molecule has 0 fully saturated rings. The Hall–Kier alpha value is -1.44. The van der Waals surface area contributed by atoms with Gasteiger partial charge in [0, 0.05) is 17.8 Å². The Morgan fingerprint density at radius 1 is 0.688 bits per heavy atom. The summed E-state index contributed by atoms with van der Waals surface area (Å²) in [5.74, 6) is 0. The molecule has 0 aromatic carbocycles. The molecule has 0 unspecified atom stereocenters. The van der Waals surface area contributed by atoms with Crippen molar-refractivity contribution < 1.29 is 0 Å². The number of pyridine rings is 2. The molecule has 0 aliphatic heterocycles. The van der Waals surface area contributed by atoms with Gasteiger partial charge in [0.05, 0.1) is 0 Å². The summed E-state index contributed by atoms with van der Waals surface area (Å²) in [4.78, 5) is 8.14. The molecular weight excluding hydrogens is 196 g/mol. The zero-order chi connectivity index (χ0) is 12.8. The van der Waals surface area contributed by atoms with E-state index >= 15 is 0 Å². The van der Waals surface area contributed by atoms with Crippen molar-refractivity contribution in [2.45, 2.75) is 41.5 Å². The summed E-state index contributed by atoms with van der Waals surface area (Å²) in [6.07, 6.45) is 3.49. The molecule has 0 amide bonds. The van der Waals surface area contributed by atoms with Crippen LogP contribution in [0.5, 0.6) is 0 Å². The number of fused-ring (bicyclic) bond motifs is 1. The third kappa shape index (κ3) is 6.12. The summed E-state index contributed by atoms with van der Waals surface area (Å²) in [5.41, 5.74) is 0.810. The van der Waals surface area contributed by atoms with Crippen LogP contribution in [0.1, 0.15) is 41.5 Å². The van der Waals surface area contributed by atoms with Gasteiger partial charge in [-0.3, -0.25) is 0 Å². The van der Waals surface area contributed by atoms with E-state index in [2.05, 4.69) is 9.97 Å². The van der Waals surface area contributed by atoms with Crippen LogP contribution in [0, 0.1) is 0 Å². The van der Waals surface area contributed by atoms with Crippen LogP contribution in [-0.2, 0) is 0 Å². The van der Waals surface area contributed by atoms with Crippen LogP contribution in [0.4, 0.5) is 0 Å². The lowest BCUT2D eigenvalue weighted by molar-refractivity contribution is 1.29. The van der Waals surface area contributed by atoms with E-state index in [-0.39, 0.29) is 0 Å². The monoisotopic (exact) mass is 220 g/mol. The third-order valence-electron chi connectivity index (χ3n) is 1.38. The van der Waals surface area contributed by atoms with Gasteiger partial charge >= 0.3 is 0 Å². The van der Waals surface area contributed by atoms with Crippen LogP contribution in [0.3, 0.4) is 0 Å². The molecule has 2 rings (SSSR count). The minimum Gasteiger partial charge on any atom is -0.237 e. The summed E-state index contributed by atoms with van der Waals surface area (Å²) in [6.45, 7) is 12.0. The van der Waals surface area contributed by atoms with Gasteiger partial charge in [-0.25, -0.2) is 9.97 Å². The van der Waals surface area contributed by atoms with E-state index < -0.39 is 0 Å². The number of hydrogen-bond acceptors (Lipinski definition) is 2. The Morgan fingerprint density at radius 3 is 1.38 bits per heavy atom. The summed E-state index contributed by atoms with van der Waals surface area (Å²) >= 11 is 0. The number of aromatic nitrogens is 2. The number of hydrogen-bond donors (Lipinski definition) is 0. The smallest absolute Gasteiger partial charge is 0.159 e. The summed E-state index contributed by atoms with van der Waals surface area (Å²) in [5, 5.41) is 1.09. The highest BCUT2D eigenvalue weighted by molar-refractivity contribution is 5.73. The summed E-state index contributed by atoms with van der Waals surface area (Å²) < 4.78 is 0. The minimum absolute atomic E-state index is 0.810. The molecule has 0 aliphatic carbocycles. The molecule has 0 spiro atoms. The molecule has 2 nitrogen and oxygen atoms in total. The van der Waals surface area contributed by atoms with Gasteiger partial charge in [0.15, 0.2) is 5.65 Å². The molecule has 16 heavy (non-hydrogen) atoms. The van der Waals surface area contributed by atoms with E-state index in [4.69, 9.17) is 0 Å². The van der Waals surface area contributed by atoms with Crippen molar-refractivity contribution in [3.8, 4) is 0 Å². The molecule has 2 aromatic rings. The first-order chi connectivity index (χ1) is 7.97. The third-order valence-corrected chi connectivity index (χ3v) is 1.38. The largest absolute Gasteiger partial charge is 0.237 e. The second kappa shape index (κ2) is 13.6. The SMILES string of the molecule is CC.CC.CC.c1cnc2ncccc2c1. The maximum absolute atomic E-state index is 4.07. The first-order valence-corrected chi connectivity index (χ1v) is 6.12. The summed E-state index contributed by atoms with van der Waals surface area (Å²) in [7, 11) is 0. The van der Waals surface area contributed by atoms with Crippen molar-refractivity contribution in [3.63, 3.8) is 0 Å². The van der Waals surface area contributed by atoms with Crippen molar-refractivity contribution >= 4 is 11.0 Å². The maximum Gasteiger partial charge on any atom is 0.159 e. The van der Waals surface area contributed by atoms with Crippen LogP contribution in [0.15, 0.2) is 36.7 Å². The molecular formula is C14H24N2. The van der Waals surface area contributed by atoms with Gasteiger partial charge in [-0.1, -0.05) is 41.5 Å². The lowest BCUT2D eigenvalue weighted by Gasteiger charge is -1.90. The number of nitrogens with zero attached hydrogens (tertiary/aromatic N) is 2. The van der Waals surface area contributed by atoms with Gasteiger partial charge < -0.3 is 0 Å². The lowest BCUT2D eigenvalue weighted by atomic mass is 10.3. The van der Waals surface area contributed by atoms with E-state index in [0.29, 0.717) is 0 Å². The average Bonchev–Trinajstić information content (AvgIpc) is 2.45. The average molecular weight is 220 g/mol. The molecule has 2 heteroatoms. The normalized spacial score (nSPS) is 7.38. The Morgan fingerprint density at radius 2 is 1.06 bits per heavy atom. The molecule has 0 radical (unpaired) electrons. The van der Waals surface area contributed by atoms with Crippen molar-refractivity contribution in [1.82, 2.24) is 9.97 Å². The van der Waals surface area contributed by atoms with Crippen LogP contribution in [-0.4, -0.2) is 9.97 Å². The van der Waals surface area contributed by atoms with Crippen molar-refractivity contribution in [3.05, 3.63) is 36.7 Å². The number of rotatable bonds is 0. The zero-order valence-corrected chi connectivity index (χ0v) is 11.4. The predicted octanol–water partition coefficient (Wildman–Crippen LogP) is 4.71. The fraction of sp³-hybridized carbons (Fsp3) is 0.429. The minimum atomic E-state index is 0.810. The Kier molecular flexibility index (Phi) is 14.4. The Bertz CT molecular complexity index is 280. The van der Waals surface area contributed by atoms with Crippen LogP contribution < -0.4 is 0 Å². The molecule has 2 heterocycles. The fourth-order valence-electron chi connectivity index (χ4n) is 0.908. The second-order valence-electron chi connectivity index (χ2n) is 2.05. The molecule has 0 aliphatic rings. The highest BCUT2D eigenvalue weighted by atomic mass is 14.8. The van der Waals surface area contributed by atoms with Crippen molar-refractivity contribution in [2.24, 2.45) is 0 Å². The quantitative estimate of drug-likeness (QED) is 0.642. The molecule has 0 saturated heterocycles. The molecule has 0 atom stereocenters. The zero-order valence-electron chi connectivity index (χ0n) is 11.4. The Balaban J connectivity index is 0. The van der Waals surface area contributed by atoms with Gasteiger partial charge in [-0.05, 0) is 24.3 Å². The highest BCUT2D eigenvalue weighted by Crippen LogP contribution is 2.04. The standard InChI is InChI=1S/C8H6N2.3C2H6/c1-3-7-4-2-6-10-8(7)9-5-1;3*1-2/h1-6H;3*1-2H3. The molecule has 2 aromatic heterocycles. The molecule has 90 valence electrons. The van der Waals surface area contributed by atoms with Crippen molar-refractivity contribution in [2.75, 3.05) is 0 Å². The van der Waals surface area contributed by atoms with Gasteiger partial charge in [-0.2, -0.15) is 0 Å². The van der Waals surface area contributed by atoms with Gasteiger partial charge in [0.25, 0.3) is 0 Å². The van der Waals surface area contributed by atoms with E-state index in [9.17, 15) is 0 Å². The Labute approximate surface area is 99.8 Å². The van der Waals surface area contributed by atoms with E-state index in [1.54, 1.807) is 12.4 Å². The first kappa shape index (κ1) is 17.0. The molecule has 0 saturated carbocycles. The van der Waals surface area contributed by atoms with Crippen LogP contribution in [0.25, 0.3) is 11.0 Å². The maximum atomic E-state index is 4.07. The van der Waals surface area contributed by atoms with Crippen LogP contribution in [0.2, 0.25) is 0 Å². The molecule has 0 bridgehead atoms. The molecule has 0 N–H and O–H groups in total. The lowest BCUT2D eigenvalue weighted by Crippen LogP contribution is -1.78. The fourth-order valence-corrected chi connectivity index (χ4v) is 0.908. The van der Waals surface area contributed by atoms with Gasteiger partial charge in [-0.15, -0.1) is 0 Å². The van der Waals surface area contributed by atoms with Gasteiger partial charge in [0.1, 0.15) is 0 Å². The topological polar surface area (TPSA) is 25.8 Å². The second-order valence-corrected chi connectivity index (χ2v) is 2.05. The van der Waals surface area contributed by atoms with Gasteiger partial charge in [0.2, 0.25) is 0 Å². The van der Waals surface area contributed by atoms with Crippen molar-refractivity contribution in [1.29, 1.82) is 0 Å². The van der Waals surface area contributed by atoms with E-state index in [0.717, 1.165) is 11.0 Å². The van der Waals surface area contributed by atoms with E-state index in [1.165, 1.54) is 0 Å². The van der Waals surface area contributed by atoms with Crippen LogP contribution >= 0.6 is 0 Å².